The lowest BCUT2D eigenvalue weighted by Crippen LogP contribution is -2.30. The monoisotopic (exact) mass is 755 g/mol. The van der Waals surface area contributed by atoms with Crippen LogP contribution in [0.5, 0.6) is 0 Å². The van der Waals surface area contributed by atoms with E-state index in [2.05, 4.69) is 81.5 Å². The quantitative estimate of drug-likeness (QED) is 0.0269. The first-order valence-electron chi connectivity index (χ1n) is 22.3. The van der Waals surface area contributed by atoms with Gasteiger partial charge in [0.25, 0.3) is 0 Å². The largest absolute Gasteiger partial charge is 0.462 e. The number of allylic oxidation sites excluding steroid dienone is 10. The summed E-state index contributed by atoms with van der Waals surface area (Å²) in [5.41, 5.74) is 0. The lowest BCUT2D eigenvalue weighted by atomic mass is 10.1. The van der Waals surface area contributed by atoms with Gasteiger partial charge in [-0.3, -0.25) is 14.4 Å². The molecule has 1 unspecified atom stereocenters. The summed E-state index contributed by atoms with van der Waals surface area (Å²) in [6.07, 6.45) is 50.9. The third-order valence-electron chi connectivity index (χ3n) is 9.26. The van der Waals surface area contributed by atoms with E-state index in [1.165, 1.54) is 51.4 Å². The summed E-state index contributed by atoms with van der Waals surface area (Å²) in [4.78, 5) is 37.5. The van der Waals surface area contributed by atoms with Crippen molar-refractivity contribution in [2.45, 2.75) is 213 Å². The number of hydrogen-bond donors (Lipinski definition) is 0. The molecule has 310 valence electrons. The molecule has 6 nitrogen and oxygen atoms in total. The Balaban J connectivity index is 4.30. The molecule has 0 spiro atoms. The minimum atomic E-state index is -0.782. The summed E-state index contributed by atoms with van der Waals surface area (Å²) in [5.74, 6) is -0.938. The molecule has 0 amide bonds. The van der Waals surface area contributed by atoms with E-state index in [9.17, 15) is 14.4 Å². The lowest BCUT2D eigenvalue weighted by molar-refractivity contribution is -0.167. The van der Waals surface area contributed by atoms with E-state index in [4.69, 9.17) is 14.2 Å². The van der Waals surface area contributed by atoms with E-state index in [-0.39, 0.29) is 31.1 Å². The maximum atomic E-state index is 12.7. The van der Waals surface area contributed by atoms with Crippen molar-refractivity contribution in [3.05, 3.63) is 60.8 Å². The molecule has 0 aromatic rings. The van der Waals surface area contributed by atoms with Crippen LogP contribution in [0, 0.1) is 0 Å². The van der Waals surface area contributed by atoms with E-state index in [1.807, 2.05) is 0 Å². The highest BCUT2D eigenvalue weighted by Gasteiger charge is 2.19. The number of esters is 3. The molecule has 0 saturated carbocycles. The third-order valence-corrected chi connectivity index (χ3v) is 9.26. The highest BCUT2D eigenvalue weighted by Crippen LogP contribution is 2.12. The summed E-state index contributed by atoms with van der Waals surface area (Å²) in [6, 6.07) is 0. The predicted molar refractivity (Wildman–Crippen MR) is 228 cm³/mol. The second-order valence-electron chi connectivity index (χ2n) is 14.6. The van der Waals surface area contributed by atoms with E-state index in [1.54, 1.807) is 0 Å². The zero-order chi connectivity index (χ0) is 39.4. The van der Waals surface area contributed by atoms with E-state index < -0.39 is 6.10 Å². The Hall–Kier alpha value is -2.89. The van der Waals surface area contributed by atoms with Crippen LogP contribution in [0.1, 0.15) is 207 Å². The minimum Gasteiger partial charge on any atom is -0.462 e. The summed E-state index contributed by atoms with van der Waals surface area (Å²) >= 11 is 0. The topological polar surface area (TPSA) is 78.9 Å². The van der Waals surface area contributed by atoms with E-state index in [0.717, 1.165) is 116 Å². The molecule has 0 rings (SSSR count). The van der Waals surface area contributed by atoms with Crippen LogP contribution in [0.25, 0.3) is 0 Å². The van der Waals surface area contributed by atoms with Gasteiger partial charge in [-0.05, 0) is 83.5 Å². The Labute approximate surface area is 332 Å². The van der Waals surface area contributed by atoms with Crippen molar-refractivity contribution in [2.24, 2.45) is 0 Å². The van der Waals surface area contributed by atoms with Gasteiger partial charge in [0.05, 0.1) is 0 Å². The van der Waals surface area contributed by atoms with Gasteiger partial charge < -0.3 is 14.2 Å². The minimum absolute atomic E-state index is 0.0869. The summed E-state index contributed by atoms with van der Waals surface area (Å²) in [5, 5.41) is 0. The van der Waals surface area contributed by atoms with Crippen LogP contribution in [-0.2, 0) is 28.6 Å². The maximum Gasteiger partial charge on any atom is 0.306 e. The molecular formula is C48H82O6. The molecule has 0 aliphatic carbocycles. The molecule has 54 heavy (non-hydrogen) atoms. The summed E-state index contributed by atoms with van der Waals surface area (Å²) < 4.78 is 16.6. The van der Waals surface area contributed by atoms with E-state index in [0.29, 0.717) is 19.3 Å². The van der Waals surface area contributed by atoms with Gasteiger partial charge in [-0.2, -0.15) is 0 Å². The van der Waals surface area contributed by atoms with Gasteiger partial charge in [-0.15, -0.1) is 0 Å². The zero-order valence-corrected chi connectivity index (χ0v) is 35.2. The molecular weight excluding hydrogens is 673 g/mol. The first-order chi connectivity index (χ1) is 26.5. The van der Waals surface area contributed by atoms with Crippen molar-refractivity contribution in [1.82, 2.24) is 0 Å². The van der Waals surface area contributed by atoms with Crippen molar-refractivity contribution >= 4 is 17.9 Å². The second-order valence-corrected chi connectivity index (χ2v) is 14.6. The Morgan fingerprint density at radius 2 is 0.722 bits per heavy atom. The second kappa shape index (κ2) is 42.8. The number of carbonyl (C=O) groups excluding carboxylic acids is 3. The van der Waals surface area contributed by atoms with Gasteiger partial charge >= 0.3 is 17.9 Å². The van der Waals surface area contributed by atoms with Gasteiger partial charge in [0.2, 0.25) is 0 Å². The first kappa shape index (κ1) is 51.1. The normalized spacial score (nSPS) is 12.6. The van der Waals surface area contributed by atoms with Crippen molar-refractivity contribution in [3.63, 3.8) is 0 Å². The number of rotatable bonds is 39. The van der Waals surface area contributed by atoms with Gasteiger partial charge in [-0.25, -0.2) is 0 Å². The average molecular weight is 755 g/mol. The van der Waals surface area contributed by atoms with Gasteiger partial charge in [0, 0.05) is 19.3 Å². The fourth-order valence-electron chi connectivity index (χ4n) is 5.90. The molecule has 0 aliphatic heterocycles. The van der Waals surface area contributed by atoms with Crippen molar-refractivity contribution in [3.8, 4) is 0 Å². The van der Waals surface area contributed by atoms with Gasteiger partial charge in [0.1, 0.15) is 13.2 Å². The van der Waals surface area contributed by atoms with E-state index >= 15 is 0 Å². The van der Waals surface area contributed by atoms with Gasteiger partial charge in [0.15, 0.2) is 6.10 Å². The number of unbranched alkanes of at least 4 members (excludes halogenated alkanes) is 18. The molecule has 0 fully saturated rings. The Morgan fingerprint density at radius 3 is 1.15 bits per heavy atom. The SMILES string of the molecule is CC/C=C\C/C=C\C/C=C\C/C=C\CCCCCCC(=O)OCC(COC(=O)CCCCCCC)OC(=O)CCCCCCC/C=C\CCCCCCC. The van der Waals surface area contributed by atoms with Crippen LogP contribution in [0.4, 0.5) is 0 Å². The molecule has 0 heterocycles. The van der Waals surface area contributed by atoms with Crippen molar-refractivity contribution in [2.75, 3.05) is 13.2 Å². The molecule has 0 aliphatic rings. The number of carbonyl (C=O) groups is 3. The molecule has 0 bridgehead atoms. The molecule has 0 radical (unpaired) electrons. The predicted octanol–water partition coefficient (Wildman–Crippen LogP) is 14.1. The van der Waals surface area contributed by atoms with Crippen LogP contribution < -0.4 is 0 Å². The van der Waals surface area contributed by atoms with Crippen LogP contribution in [0.3, 0.4) is 0 Å². The van der Waals surface area contributed by atoms with Gasteiger partial charge in [-0.1, -0.05) is 165 Å². The van der Waals surface area contributed by atoms with Crippen LogP contribution in [-0.4, -0.2) is 37.2 Å². The smallest absolute Gasteiger partial charge is 0.306 e. The Kier molecular flexibility index (Phi) is 40.6. The highest BCUT2D eigenvalue weighted by atomic mass is 16.6. The fourth-order valence-corrected chi connectivity index (χ4v) is 5.90. The lowest BCUT2D eigenvalue weighted by Gasteiger charge is -2.18. The highest BCUT2D eigenvalue weighted by molar-refractivity contribution is 5.71. The van der Waals surface area contributed by atoms with Crippen LogP contribution in [0.2, 0.25) is 0 Å². The first-order valence-corrected chi connectivity index (χ1v) is 22.3. The standard InChI is InChI=1S/C48H82O6/c1-4-7-10-13-15-17-19-21-23-24-25-27-28-30-32-35-38-41-47(50)53-44-45(43-52-46(49)40-37-34-12-9-6-3)54-48(51)42-39-36-33-31-29-26-22-20-18-16-14-11-8-5-2/h7,10,15,17,20-23,25,27,45H,4-6,8-9,11-14,16,18-19,24,26,28-44H2,1-3H3/b10-7-,17-15-,22-20-,23-21-,27-25-. The molecule has 0 aromatic heterocycles. The third kappa shape index (κ3) is 40.3. The molecule has 0 N–H and O–H groups in total. The maximum absolute atomic E-state index is 12.7. The zero-order valence-electron chi connectivity index (χ0n) is 35.2. The Morgan fingerprint density at radius 1 is 0.389 bits per heavy atom. The Bertz CT molecular complexity index is 1010. The summed E-state index contributed by atoms with van der Waals surface area (Å²) in [7, 11) is 0. The molecule has 1 atom stereocenters. The molecule has 6 heteroatoms. The van der Waals surface area contributed by atoms with Crippen molar-refractivity contribution in [1.29, 1.82) is 0 Å². The molecule has 0 aromatic carbocycles. The van der Waals surface area contributed by atoms with Crippen LogP contribution in [0.15, 0.2) is 60.8 Å². The average Bonchev–Trinajstić information content (AvgIpc) is 3.17. The number of hydrogen-bond acceptors (Lipinski definition) is 6. The van der Waals surface area contributed by atoms with Crippen LogP contribution >= 0.6 is 0 Å². The van der Waals surface area contributed by atoms with Crippen molar-refractivity contribution < 1.29 is 28.6 Å². The summed E-state index contributed by atoms with van der Waals surface area (Å²) in [6.45, 7) is 6.38. The number of ether oxygens (including phenoxy) is 3. The molecule has 0 saturated heterocycles. The fraction of sp³-hybridized carbons (Fsp3) is 0.729.